The minimum absolute atomic E-state index is 0.188. The lowest BCUT2D eigenvalue weighted by molar-refractivity contribution is 0.0921. The Labute approximate surface area is 156 Å². The molecule has 0 bridgehead atoms. The second kappa shape index (κ2) is 6.29. The lowest BCUT2D eigenvalue weighted by Crippen LogP contribution is -2.29. The molecule has 5 rings (SSSR count). The van der Waals surface area contributed by atoms with Gasteiger partial charge in [0.1, 0.15) is 11.7 Å². The number of amides is 1. The molecule has 27 heavy (non-hydrogen) atoms. The second-order valence-electron chi connectivity index (χ2n) is 7.29. The molecule has 2 saturated carbocycles. The number of hydrogen-bond acceptors (Lipinski definition) is 6. The normalized spacial score (nSPS) is 17.7. The minimum atomic E-state index is -0.397. The highest BCUT2D eigenvalue weighted by atomic mass is 16.5. The van der Waals surface area contributed by atoms with Crippen molar-refractivity contribution in [1.82, 2.24) is 30.2 Å². The van der Waals surface area contributed by atoms with Crippen molar-refractivity contribution in [2.24, 2.45) is 0 Å². The minimum Gasteiger partial charge on any atom is -0.339 e. The van der Waals surface area contributed by atoms with E-state index in [2.05, 4.69) is 25.5 Å². The van der Waals surface area contributed by atoms with Crippen LogP contribution in [0.3, 0.4) is 0 Å². The van der Waals surface area contributed by atoms with Crippen LogP contribution in [0.1, 0.15) is 72.7 Å². The number of hydrogen-bond donors (Lipinski definition) is 1. The molecule has 3 heterocycles. The van der Waals surface area contributed by atoms with Gasteiger partial charge in [-0.15, -0.1) is 0 Å². The lowest BCUT2D eigenvalue weighted by Gasteiger charge is -2.10. The summed E-state index contributed by atoms with van der Waals surface area (Å²) < 4.78 is 7.18. The summed E-state index contributed by atoms with van der Waals surface area (Å²) in [5, 5.41) is 11.2. The molecule has 3 aromatic heterocycles. The summed E-state index contributed by atoms with van der Waals surface area (Å²) in [6.07, 6.45) is 7.95. The van der Waals surface area contributed by atoms with Gasteiger partial charge in [0.2, 0.25) is 11.7 Å². The van der Waals surface area contributed by atoms with Crippen molar-refractivity contribution in [2.45, 2.75) is 50.6 Å². The summed E-state index contributed by atoms with van der Waals surface area (Å²) in [4.78, 5) is 21.5. The quantitative estimate of drug-likeness (QED) is 0.722. The first kappa shape index (κ1) is 16.2. The van der Waals surface area contributed by atoms with Crippen molar-refractivity contribution < 1.29 is 9.32 Å². The van der Waals surface area contributed by atoms with E-state index < -0.39 is 6.04 Å². The Morgan fingerprint density at radius 2 is 2.11 bits per heavy atom. The predicted octanol–water partition coefficient (Wildman–Crippen LogP) is 3.03. The second-order valence-corrected chi connectivity index (χ2v) is 7.29. The molecular formula is C19H20N6O2. The molecule has 2 aliphatic rings. The van der Waals surface area contributed by atoms with Crippen LogP contribution >= 0.6 is 0 Å². The van der Waals surface area contributed by atoms with Crippen LogP contribution in [0.15, 0.2) is 35.1 Å². The molecule has 0 aromatic carbocycles. The van der Waals surface area contributed by atoms with Gasteiger partial charge in [-0.05, 0) is 50.8 Å². The third-order valence-electron chi connectivity index (χ3n) is 4.99. The molecule has 0 aliphatic heterocycles. The van der Waals surface area contributed by atoms with E-state index in [9.17, 15) is 4.79 Å². The molecule has 138 valence electrons. The van der Waals surface area contributed by atoms with E-state index in [0.717, 1.165) is 24.1 Å². The fourth-order valence-corrected chi connectivity index (χ4v) is 3.15. The van der Waals surface area contributed by atoms with Crippen LogP contribution in [0.2, 0.25) is 0 Å². The standard InChI is InChI=1S/C19H20N6O2/c1-11(22-18(26)16-7-9-21-25(16)14-4-5-14)19-23-17(24-27-19)13-6-8-20-15(10-13)12-2-3-12/h6-12,14H,2-5H2,1H3,(H,22,26)/t11-/m0/s1. The summed E-state index contributed by atoms with van der Waals surface area (Å²) >= 11 is 0. The Morgan fingerprint density at radius 3 is 2.89 bits per heavy atom. The van der Waals surface area contributed by atoms with Gasteiger partial charge >= 0.3 is 0 Å². The third kappa shape index (κ3) is 3.22. The Balaban J connectivity index is 1.31. The Morgan fingerprint density at radius 1 is 1.26 bits per heavy atom. The molecular weight excluding hydrogens is 344 g/mol. The van der Waals surface area contributed by atoms with Crippen LogP contribution in [0, 0.1) is 0 Å². The molecule has 2 fully saturated rings. The number of rotatable bonds is 6. The van der Waals surface area contributed by atoms with E-state index in [-0.39, 0.29) is 5.91 Å². The number of carbonyl (C=O) groups is 1. The Hall–Kier alpha value is -3.03. The SMILES string of the molecule is C[C@H](NC(=O)c1ccnn1C1CC1)c1nc(-c2ccnc(C3CC3)c2)no1. The van der Waals surface area contributed by atoms with E-state index in [1.54, 1.807) is 23.1 Å². The average molecular weight is 364 g/mol. The monoisotopic (exact) mass is 364 g/mol. The maximum absolute atomic E-state index is 12.6. The van der Waals surface area contributed by atoms with Crippen LogP contribution in [0.25, 0.3) is 11.4 Å². The zero-order valence-electron chi connectivity index (χ0n) is 15.0. The van der Waals surface area contributed by atoms with Crippen molar-refractivity contribution in [3.05, 3.63) is 47.9 Å². The third-order valence-corrected chi connectivity index (χ3v) is 4.99. The largest absolute Gasteiger partial charge is 0.339 e. The molecule has 1 amide bonds. The molecule has 0 saturated heterocycles. The van der Waals surface area contributed by atoms with Gasteiger partial charge in [0.05, 0.1) is 6.04 Å². The predicted molar refractivity (Wildman–Crippen MR) is 95.9 cm³/mol. The first-order valence-corrected chi connectivity index (χ1v) is 9.33. The zero-order chi connectivity index (χ0) is 18.4. The molecule has 0 spiro atoms. The number of aromatic nitrogens is 5. The first-order chi connectivity index (χ1) is 13.2. The van der Waals surface area contributed by atoms with Crippen LogP contribution in [-0.4, -0.2) is 30.8 Å². The van der Waals surface area contributed by atoms with Crippen molar-refractivity contribution >= 4 is 5.91 Å². The fourth-order valence-electron chi connectivity index (χ4n) is 3.15. The first-order valence-electron chi connectivity index (χ1n) is 9.33. The maximum atomic E-state index is 12.6. The molecule has 1 atom stereocenters. The Bertz CT molecular complexity index is 986. The van der Waals surface area contributed by atoms with Crippen molar-refractivity contribution in [2.75, 3.05) is 0 Å². The molecule has 0 unspecified atom stereocenters. The van der Waals surface area contributed by atoms with Gasteiger partial charge in [0.15, 0.2) is 0 Å². The van der Waals surface area contributed by atoms with Crippen molar-refractivity contribution in [1.29, 1.82) is 0 Å². The molecule has 2 aliphatic carbocycles. The number of pyridine rings is 1. The summed E-state index contributed by atoms with van der Waals surface area (Å²) in [6, 6.07) is 5.57. The van der Waals surface area contributed by atoms with Gasteiger partial charge in [-0.2, -0.15) is 10.1 Å². The number of nitrogens with one attached hydrogen (secondary N) is 1. The zero-order valence-corrected chi connectivity index (χ0v) is 15.0. The lowest BCUT2D eigenvalue weighted by atomic mass is 10.2. The molecule has 3 aromatic rings. The van der Waals surface area contributed by atoms with E-state index in [4.69, 9.17) is 4.52 Å². The molecule has 0 radical (unpaired) electrons. The topological polar surface area (TPSA) is 98.7 Å². The van der Waals surface area contributed by atoms with Crippen LogP contribution < -0.4 is 5.32 Å². The van der Waals surface area contributed by atoms with Crippen LogP contribution in [0.4, 0.5) is 0 Å². The highest BCUT2D eigenvalue weighted by Crippen LogP contribution is 2.39. The van der Waals surface area contributed by atoms with Gasteiger partial charge in [0.25, 0.3) is 5.91 Å². The fraction of sp³-hybridized carbons (Fsp3) is 0.421. The molecule has 8 heteroatoms. The number of nitrogens with zero attached hydrogens (tertiary/aromatic N) is 5. The van der Waals surface area contributed by atoms with Gasteiger partial charge in [0, 0.05) is 29.6 Å². The van der Waals surface area contributed by atoms with E-state index in [1.165, 1.54) is 12.8 Å². The molecule has 8 nitrogen and oxygen atoms in total. The van der Waals surface area contributed by atoms with E-state index in [0.29, 0.717) is 29.4 Å². The summed E-state index contributed by atoms with van der Waals surface area (Å²) in [6.45, 7) is 1.83. The van der Waals surface area contributed by atoms with Gasteiger partial charge in [-0.1, -0.05) is 5.16 Å². The Kier molecular flexibility index (Phi) is 3.77. The van der Waals surface area contributed by atoms with E-state index in [1.807, 2.05) is 19.1 Å². The summed E-state index contributed by atoms with van der Waals surface area (Å²) in [7, 11) is 0. The van der Waals surface area contributed by atoms with Crippen molar-refractivity contribution in [3.8, 4) is 11.4 Å². The highest BCUT2D eigenvalue weighted by Gasteiger charge is 2.29. The smallest absolute Gasteiger partial charge is 0.270 e. The maximum Gasteiger partial charge on any atom is 0.270 e. The summed E-state index contributed by atoms with van der Waals surface area (Å²) in [5.74, 6) is 1.26. The van der Waals surface area contributed by atoms with Gasteiger partial charge < -0.3 is 9.84 Å². The highest BCUT2D eigenvalue weighted by molar-refractivity contribution is 5.92. The van der Waals surface area contributed by atoms with Gasteiger partial charge in [-0.25, -0.2) is 0 Å². The van der Waals surface area contributed by atoms with Crippen LogP contribution in [-0.2, 0) is 0 Å². The number of carbonyl (C=O) groups excluding carboxylic acids is 1. The summed E-state index contributed by atoms with van der Waals surface area (Å²) in [5.41, 5.74) is 2.52. The van der Waals surface area contributed by atoms with E-state index >= 15 is 0 Å². The average Bonchev–Trinajstić information content (AvgIpc) is 3.61. The van der Waals surface area contributed by atoms with Gasteiger partial charge in [-0.3, -0.25) is 14.5 Å². The van der Waals surface area contributed by atoms with Crippen molar-refractivity contribution in [3.63, 3.8) is 0 Å². The molecule has 1 N–H and O–H groups in total. The van der Waals surface area contributed by atoms with Crippen LogP contribution in [0.5, 0.6) is 0 Å².